The molecule has 0 amide bonds. The number of nitrogens with two attached hydrogens (primary N) is 1. The SMILES string of the molecule is C=C/C=C\C(N)=C(\O)C=C. The number of aliphatic hydroxyl groups is 1. The van der Waals surface area contributed by atoms with E-state index < -0.39 is 0 Å². The van der Waals surface area contributed by atoms with Gasteiger partial charge in [-0.05, 0) is 12.2 Å². The second-order valence-electron chi connectivity index (χ2n) is 1.64. The van der Waals surface area contributed by atoms with Gasteiger partial charge in [0, 0.05) is 0 Å². The lowest BCUT2D eigenvalue weighted by Gasteiger charge is -1.92. The fourth-order valence-corrected chi connectivity index (χ4v) is 0.375. The molecule has 0 aliphatic rings. The largest absolute Gasteiger partial charge is 0.506 e. The molecule has 0 aliphatic carbocycles. The van der Waals surface area contributed by atoms with Gasteiger partial charge in [0.15, 0.2) is 0 Å². The fraction of sp³-hybridized carbons (Fsp3) is 0. The first-order valence-corrected chi connectivity index (χ1v) is 2.82. The molecule has 10 heavy (non-hydrogen) atoms. The van der Waals surface area contributed by atoms with Crippen molar-refractivity contribution in [3.63, 3.8) is 0 Å². The Labute approximate surface area is 60.7 Å². The first kappa shape index (κ1) is 8.56. The van der Waals surface area contributed by atoms with Crippen LogP contribution in [0.1, 0.15) is 0 Å². The molecule has 0 aliphatic heterocycles. The monoisotopic (exact) mass is 137 g/mol. The van der Waals surface area contributed by atoms with Crippen LogP contribution in [0, 0.1) is 0 Å². The van der Waals surface area contributed by atoms with Crippen molar-refractivity contribution >= 4 is 0 Å². The molecule has 0 saturated carbocycles. The third-order valence-corrected chi connectivity index (χ3v) is 0.901. The number of aliphatic hydroxyl groups excluding tert-OH is 1. The summed E-state index contributed by atoms with van der Waals surface area (Å²) in [5.74, 6) is -0.0156. The molecule has 0 unspecified atom stereocenters. The third-order valence-electron chi connectivity index (χ3n) is 0.901. The van der Waals surface area contributed by atoms with E-state index in [9.17, 15) is 0 Å². The van der Waals surface area contributed by atoms with Gasteiger partial charge in [-0.15, -0.1) is 0 Å². The van der Waals surface area contributed by atoms with Crippen LogP contribution in [-0.2, 0) is 0 Å². The van der Waals surface area contributed by atoms with Gasteiger partial charge in [0.2, 0.25) is 0 Å². The smallest absolute Gasteiger partial charge is 0.137 e. The lowest BCUT2D eigenvalue weighted by molar-refractivity contribution is 0.427. The van der Waals surface area contributed by atoms with E-state index in [0.29, 0.717) is 0 Å². The average molecular weight is 137 g/mol. The summed E-state index contributed by atoms with van der Waals surface area (Å²) in [6.07, 6.45) is 6.03. The van der Waals surface area contributed by atoms with Crippen LogP contribution in [0.2, 0.25) is 0 Å². The van der Waals surface area contributed by atoms with Crippen LogP contribution in [0.15, 0.2) is 48.9 Å². The number of hydrogen-bond donors (Lipinski definition) is 2. The molecule has 0 aromatic heterocycles. The molecule has 2 heteroatoms. The van der Waals surface area contributed by atoms with Gasteiger partial charge in [0.25, 0.3) is 0 Å². The Bertz CT molecular complexity index is 189. The molecule has 3 N–H and O–H groups in total. The quantitative estimate of drug-likeness (QED) is 0.459. The lowest BCUT2D eigenvalue weighted by atomic mass is 10.3. The van der Waals surface area contributed by atoms with Crippen LogP contribution in [0.4, 0.5) is 0 Å². The van der Waals surface area contributed by atoms with E-state index in [1.165, 1.54) is 6.08 Å². The molecule has 2 nitrogen and oxygen atoms in total. The normalized spacial score (nSPS) is 12.8. The highest BCUT2D eigenvalue weighted by molar-refractivity contribution is 5.25. The van der Waals surface area contributed by atoms with Gasteiger partial charge >= 0.3 is 0 Å². The molecular formula is C8H11NO. The second kappa shape index (κ2) is 4.44. The third kappa shape index (κ3) is 2.77. The van der Waals surface area contributed by atoms with E-state index >= 15 is 0 Å². The minimum absolute atomic E-state index is 0.0156. The Morgan fingerprint density at radius 3 is 2.40 bits per heavy atom. The minimum Gasteiger partial charge on any atom is -0.506 e. The van der Waals surface area contributed by atoms with Gasteiger partial charge in [-0.25, -0.2) is 0 Å². The maximum Gasteiger partial charge on any atom is 0.137 e. The van der Waals surface area contributed by atoms with Crippen molar-refractivity contribution < 1.29 is 5.11 Å². The van der Waals surface area contributed by atoms with Crippen molar-refractivity contribution in [1.29, 1.82) is 0 Å². The molecular weight excluding hydrogens is 126 g/mol. The molecule has 0 bridgehead atoms. The Hall–Kier alpha value is -1.44. The van der Waals surface area contributed by atoms with Crippen LogP contribution in [-0.4, -0.2) is 5.11 Å². The van der Waals surface area contributed by atoms with Crippen LogP contribution in [0.5, 0.6) is 0 Å². The molecule has 0 aromatic rings. The molecule has 0 atom stereocenters. The van der Waals surface area contributed by atoms with Crippen molar-refractivity contribution in [2.24, 2.45) is 5.73 Å². The van der Waals surface area contributed by atoms with Crippen molar-refractivity contribution in [1.82, 2.24) is 0 Å². The van der Waals surface area contributed by atoms with E-state index in [1.54, 1.807) is 18.2 Å². The Balaban J connectivity index is 4.31. The van der Waals surface area contributed by atoms with Gasteiger partial charge in [0.05, 0.1) is 5.70 Å². The summed E-state index contributed by atoms with van der Waals surface area (Å²) in [6, 6.07) is 0. The summed E-state index contributed by atoms with van der Waals surface area (Å²) in [7, 11) is 0. The fourth-order valence-electron chi connectivity index (χ4n) is 0.375. The van der Waals surface area contributed by atoms with Crippen molar-refractivity contribution in [3.05, 3.63) is 48.9 Å². The predicted octanol–water partition coefficient (Wildman–Crippen LogP) is 1.64. The second-order valence-corrected chi connectivity index (χ2v) is 1.64. The Morgan fingerprint density at radius 1 is 1.40 bits per heavy atom. The molecule has 54 valence electrons. The van der Waals surface area contributed by atoms with Gasteiger partial charge in [-0.1, -0.05) is 25.3 Å². The van der Waals surface area contributed by atoms with E-state index in [1.807, 2.05) is 0 Å². The molecule has 0 rings (SSSR count). The lowest BCUT2D eigenvalue weighted by Crippen LogP contribution is -1.96. The number of rotatable bonds is 3. The standard InChI is InChI=1S/C8H11NO/c1-3-5-6-7(9)8(10)4-2/h3-6,10H,1-2,9H2/b6-5-,8-7-. The van der Waals surface area contributed by atoms with Crippen LogP contribution in [0.3, 0.4) is 0 Å². The molecule has 0 fully saturated rings. The minimum atomic E-state index is -0.0156. The topological polar surface area (TPSA) is 46.2 Å². The zero-order valence-corrected chi connectivity index (χ0v) is 5.75. The van der Waals surface area contributed by atoms with Crippen LogP contribution in [0.25, 0.3) is 0 Å². The molecule has 0 aromatic carbocycles. The first-order valence-electron chi connectivity index (χ1n) is 2.82. The molecule has 0 spiro atoms. The first-order chi connectivity index (χ1) is 4.72. The highest BCUT2D eigenvalue weighted by Gasteiger charge is 1.88. The molecule has 0 heterocycles. The summed E-state index contributed by atoms with van der Waals surface area (Å²) in [5.41, 5.74) is 5.62. The van der Waals surface area contributed by atoms with Gasteiger partial charge in [-0.3, -0.25) is 0 Å². The van der Waals surface area contributed by atoms with Gasteiger partial charge < -0.3 is 10.8 Å². The van der Waals surface area contributed by atoms with Crippen molar-refractivity contribution in [2.75, 3.05) is 0 Å². The van der Waals surface area contributed by atoms with Gasteiger partial charge in [0.1, 0.15) is 5.76 Å². The molecule has 0 saturated heterocycles. The highest BCUT2D eigenvalue weighted by atomic mass is 16.3. The van der Waals surface area contributed by atoms with Gasteiger partial charge in [-0.2, -0.15) is 0 Å². The predicted molar refractivity (Wildman–Crippen MR) is 43.4 cm³/mol. The summed E-state index contributed by atoms with van der Waals surface area (Å²) in [6.45, 7) is 6.79. The van der Waals surface area contributed by atoms with E-state index in [4.69, 9.17) is 10.8 Å². The number of allylic oxidation sites excluding steroid dienone is 4. The summed E-state index contributed by atoms with van der Waals surface area (Å²) in [5, 5.41) is 8.90. The van der Waals surface area contributed by atoms with Crippen LogP contribution >= 0.6 is 0 Å². The highest BCUT2D eigenvalue weighted by Crippen LogP contribution is 1.96. The number of hydrogen-bond acceptors (Lipinski definition) is 2. The summed E-state index contributed by atoms with van der Waals surface area (Å²) >= 11 is 0. The van der Waals surface area contributed by atoms with E-state index in [-0.39, 0.29) is 11.5 Å². The Morgan fingerprint density at radius 2 is 2.00 bits per heavy atom. The molecule has 0 radical (unpaired) electrons. The summed E-state index contributed by atoms with van der Waals surface area (Å²) in [4.78, 5) is 0. The zero-order valence-electron chi connectivity index (χ0n) is 5.75. The van der Waals surface area contributed by atoms with E-state index in [0.717, 1.165) is 0 Å². The maximum atomic E-state index is 8.90. The average Bonchev–Trinajstić information content (AvgIpc) is 1.98. The van der Waals surface area contributed by atoms with Crippen molar-refractivity contribution in [2.45, 2.75) is 0 Å². The van der Waals surface area contributed by atoms with Crippen LogP contribution < -0.4 is 5.73 Å². The van der Waals surface area contributed by atoms with E-state index in [2.05, 4.69) is 13.2 Å². The maximum absolute atomic E-state index is 8.90. The van der Waals surface area contributed by atoms with Crippen molar-refractivity contribution in [3.8, 4) is 0 Å². The zero-order chi connectivity index (χ0) is 7.98. The summed E-state index contributed by atoms with van der Waals surface area (Å²) < 4.78 is 0. The Kier molecular flexibility index (Phi) is 3.80.